The summed E-state index contributed by atoms with van der Waals surface area (Å²) in [6, 6.07) is 0. The second kappa shape index (κ2) is 5.23. The summed E-state index contributed by atoms with van der Waals surface area (Å²) >= 11 is 1.62. The summed E-state index contributed by atoms with van der Waals surface area (Å²) in [5.41, 5.74) is 2.10. The van der Waals surface area contributed by atoms with E-state index >= 15 is 0 Å². The molecule has 3 aliphatic rings. The molecule has 5 nitrogen and oxygen atoms in total. The third-order valence-corrected chi connectivity index (χ3v) is 5.98. The lowest BCUT2D eigenvalue weighted by Gasteiger charge is -2.40. The molecule has 1 aromatic heterocycles. The summed E-state index contributed by atoms with van der Waals surface area (Å²) in [6.07, 6.45) is 6.90. The van der Waals surface area contributed by atoms with Gasteiger partial charge in [0.1, 0.15) is 5.51 Å². The van der Waals surface area contributed by atoms with Crippen molar-refractivity contribution in [3.05, 3.63) is 5.51 Å². The van der Waals surface area contributed by atoms with Gasteiger partial charge < -0.3 is 9.80 Å². The van der Waals surface area contributed by atoms with Crippen molar-refractivity contribution in [2.75, 3.05) is 31.1 Å². The largest absolute Gasteiger partial charge is 0.346 e. The number of rotatable bonds is 3. The molecule has 1 spiro atoms. The average Bonchev–Trinajstić information content (AvgIpc) is 3.00. The molecule has 2 aliphatic heterocycles. The van der Waals surface area contributed by atoms with Gasteiger partial charge in [0.25, 0.3) is 0 Å². The molecular weight excluding hydrogens is 284 g/mol. The molecule has 1 saturated carbocycles. The highest BCUT2D eigenvalue weighted by Gasteiger charge is 2.43. The summed E-state index contributed by atoms with van der Waals surface area (Å²) in [5, 5.41) is 9.21. The maximum absolute atomic E-state index is 12.3. The van der Waals surface area contributed by atoms with Crippen LogP contribution in [-0.4, -0.2) is 47.2 Å². The number of aromatic nitrogens is 2. The Labute approximate surface area is 129 Å². The van der Waals surface area contributed by atoms with Gasteiger partial charge in [-0.25, -0.2) is 0 Å². The van der Waals surface area contributed by atoms with Gasteiger partial charge in [0.15, 0.2) is 0 Å². The lowest BCUT2D eigenvalue weighted by atomic mass is 9.79. The molecule has 0 aromatic carbocycles. The van der Waals surface area contributed by atoms with E-state index in [2.05, 4.69) is 20.0 Å². The number of anilines is 1. The predicted molar refractivity (Wildman–Crippen MR) is 82.3 cm³/mol. The summed E-state index contributed by atoms with van der Waals surface area (Å²) in [6.45, 7) is 4.02. The van der Waals surface area contributed by atoms with E-state index in [4.69, 9.17) is 0 Å². The Hall–Kier alpha value is -1.17. The fourth-order valence-corrected chi connectivity index (χ4v) is 4.44. The van der Waals surface area contributed by atoms with Crippen molar-refractivity contribution in [1.29, 1.82) is 0 Å². The van der Waals surface area contributed by atoms with Gasteiger partial charge in [-0.15, -0.1) is 10.2 Å². The normalized spacial score (nSPS) is 29.3. The minimum absolute atomic E-state index is 0.295. The molecule has 1 amide bonds. The van der Waals surface area contributed by atoms with Gasteiger partial charge in [-0.1, -0.05) is 11.3 Å². The van der Waals surface area contributed by atoms with Crippen molar-refractivity contribution in [3.8, 4) is 0 Å². The monoisotopic (exact) mass is 306 g/mol. The van der Waals surface area contributed by atoms with Crippen LogP contribution in [0.25, 0.3) is 0 Å². The third-order valence-electron chi connectivity index (χ3n) is 5.23. The Morgan fingerprint density at radius 3 is 3.00 bits per heavy atom. The van der Waals surface area contributed by atoms with Crippen molar-refractivity contribution in [2.45, 2.75) is 38.5 Å². The van der Waals surface area contributed by atoms with Crippen LogP contribution in [0.15, 0.2) is 5.51 Å². The SMILES string of the molecule is O=C(CC1CC1)N1CCC2(CCCN(c3nncs3)C2)C1. The van der Waals surface area contributed by atoms with Gasteiger partial charge in [0.2, 0.25) is 11.0 Å². The smallest absolute Gasteiger partial charge is 0.222 e. The highest BCUT2D eigenvalue weighted by atomic mass is 32.1. The van der Waals surface area contributed by atoms with Gasteiger partial charge >= 0.3 is 0 Å². The van der Waals surface area contributed by atoms with Crippen LogP contribution in [0.5, 0.6) is 0 Å². The third kappa shape index (κ3) is 2.78. The number of nitrogens with zero attached hydrogens (tertiary/aromatic N) is 4. The molecule has 4 rings (SSSR count). The molecule has 114 valence electrons. The summed E-state index contributed by atoms with van der Waals surface area (Å²) in [4.78, 5) is 16.8. The highest BCUT2D eigenvalue weighted by molar-refractivity contribution is 7.13. The minimum atomic E-state index is 0.295. The Balaban J connectivity index is 1.41. The van der Waals surface area contributed by atoms with E-state index < -0.39 is 0 Å². The molecule has 21 heavy (non-hydrogen) atoms. The first-order valence-electron chi connectivity index (χ1n) is 8.03. The Kier molecular flexibility index (Phi) is 3.36. The van der Waals surface area contributed by atoms with E-state index in [1.807, 2.05) is 0 Å². The van der Waals surface area contributed by atoms with Gasteiger partial charge in [-0.05, 0) is 38.0 Å². The van der Waals surface area contributed by atoms with E-state index in [1.54, 1.807) is 16.8 Å². The van der Waals surface area contributed by atoms with Crippen LogP contribution < -0.4 is 4.90 Å². The number of hydrogen-bond donors (Lipinski definition) is 0. The Morgan fingerprint density at radius 1 is 1.33 bits per heavy atom. The topological polar surface area (TPSA) is 49.3 Å². The van der Waals surface area contributed by atoms with Crippen molar-refractivity contribution in [2.24, 2.45) is 11.3 Å². The first-order valence-corrected chi connectivity index (χ1v) is 8.91. The minimum Gasteiger partial charge on any atom is -0.346 e. The maximum atomic E-state index is 12.3. The van der Waals surface area contributed by atoms with E-state index in [1.165, 1.54) is 25.7 Å². The van der Waals surface area contributed by atoms with E-state index in [0.29, 0.717) is 17.2 Å². The lowest BCUT2D eigenvalue weighted by molar-refractivity contribution is -0.130. The van der Waals surface area contributed by atoms with Crippen molar-refractivity contribution >= 4 is 22.4 Å². The quantitative estimate of drug-likeness (QED) is 0.858. The fourth-order valence-electron chi connectivity index (χ4n) is 3.86. The van der Waals surface area contributed by atoms with Crippen LogP contribution >= 0.6 is 11.3 Å². The number of amides is 1. The highest BCUT2D eigenvalue weighted by Crippen LogP contribution is 2.41. The zero-order valence-corrected chi connectivity index (χ0v) is 13.1. The van der Waals surface area contributed by atoms with E-state index in [0.717, 1.165) is 44.2 Å². The molecule has 1 atom stereocenters. The van der Waals surface area contributed by atoms with Crippen molar-refractivity contribution in [3.63, 3.8) is 0 Å². The second-order valence-corrected chi connectivity index (χ2v) is 7.77. The second-order valence-electron chi connectivity index (χ2n) is 6.96. The van der Waals surface area contributed by atoms with Crippen LogP contribution in [0, 0.1) is 11.3 Å². The number of carbonyl (C=O) groups is 1. The molecule has 3 heterocycles. The molecule has 1 unspecified atom stereocenters. The number of hydrogen-bond acceptors (Lipinski definition) is 5. The molecule has 0 radical (unpaired) electrons. The van der Waals surface area contributed by atoms with Crippen LogP contribution in [0.3, 0.4) is 0 Å². The molecular formula is C15H22N4OS. The van der Waals surface area contributed by atoms with Gasteiger partial charge in [0.05, 0.1) is 0 Å². The van der Waals surface area contributed by atoms with Crippen LogP contribution in [0.4, 0.5) is 5.13 Å². The Morgan fingerprint density at radius 2 is 2.24 bits per heavy atom. The number of likely N-dealkylation sites (tertiary alicyclic amines) is 1. The van der Waals surface area contributed by atoms with E-state index in [-0.39, 0.29) is 0 Å². The van der Waals surface area contributed by atoms with Crippen LogP contribution in [0.1, 0.15) is 38.5 Å². The lowest BCUT2D eigenvalue weighted by Crippen LogP contribution is -2.45. The number of carbonyl (C=O) groups excluding carboxylic acids is 1. The molecule has 1 aromatic rings. The van der Waals surface area contributed by atoms with E-state index in [9.17, 15) is 4.79 Å². The van der Waals surface area contributed by atoms with Crippen LogP contribution in [-0.2, 0) is 4.79 Å². The van der Waals surface area contributed by atoms with Gasteiger partial charge in [0, 0.05) is 38.0 Å². The molecule has 3 fully saturated rings. The van der Waals surface area contributed by atoms with Gasteiger partial charge in [-0.3, -0.25) is 4.79 Å². The molecule has 0 bridgehead atoms. The molecule has 2 saturated heterocycles. The fraction of sp³-hybridized carbons (Fsp3) is 0.800. The molecule has 6 heteroatoms. The zero-order chi connectivity index (χ0) is 14.3. The standard InChI is InChI=1S/C15H22N4OS/c20-13(8-12-2-3-12)18-7-5-15(9-18)4-1-6-19(10-15)14-17-16-11-21-14/h11-12H,1-10H2. The first kappa shape index (κ1) is 13.5. The summed E-state index contributed by atoms with van der Waals surface area (Å²) in [7, 11) is 0. The van der Waals surface area contributed by atoms with Crippen molar-refractivity contribution < 1.29 is 4.79 Å². The molecule has 0 N–H and O–H groups in total. The zero-order valence-electron chi connectivity index (χ0n) is 12.3. The summed E-state index contributed by atoms with van der Waals surface area (Å²) in [5.74, 6) is 1.08. The summed E-state index contributed by atoms with van der Waals surface area (Å²) < 4.78 is 0. The van der Waals surface area contributed by atoms with Gasteiger partial charge in [-0.2, -0.15) is 0 Å². The molecule has 1 aliphatic carbocycles. The van der Waals surface area contributed by atoms with Crippen LogP contribution in [0.2, 0.25) is 0 Å². The Bertz CT molecular complexity index is 516. The maximum Gasteiger partial charge on any atom is 0.222 e. The predicted octanol–water partition coefficient (Wildman–Crippen LogP) is 2.16. The van der Waals surface area contributed by atoms with Crippen molar-refractivity contribution in [1.82, 2.24) is 15.1 Å². The number of piperidine rings is 1. The average molecular weight is 306 g/mol. The first-order chi connectivity index (χ1) is 10.2.